The summed E-state index contributed by atoms with van der Waals surface area (Å²) in [6.45, 7) is 1.41. The SMILES string of the molecule is O=C(c1csc(-c2ccc(Cl)s2)n1)N1C[C@H]2COCC[C@@]2(C(=O)O)C1. The zero-order valence-corrected chi connectivity index (χ0v) is 15.5. The highest BCUT2D eigenvalue weighted by atomic mass is 35.5. The number of carbonyl (C=O) groups is 2. The predicted molar refractivity (Wildman–Crippen MR) is 95.3 cm³/mol. The molecule has 1 N–H and O–H groups in total. The summed E-state index contributed by atoms with van der Waals surface area (Å²) in [4.78, 5) is 31.6. The number of carboxylic acids is 1. The van der Waals surface area contributed by atoms with Crippen molar-refractivity contribution in [1.29, 1.82) is 0 Å². The fourth-order valence-electron chi connectivity index (χ4n) is 3.53. The van der Waals surface area contributed by atoms with E-state index in [1.165, 1.54) is 22.7 Å². The number of carbonyl (C=O) groups excluding carboxylic acids is 1. The molecule has 0 aliphatic carbocycles. The molecule has 25 heavy (non-hydrogen) atoms. The van der Waals surface area contributed by atoms with Crippen LogP contribution in [0.4, 0.5) is 0 Å². The number of amides is 1. The molecule has 2 aliphatic heterocycles. The maximum Gasteiger partial charge on any atom is 0.311 e. The lowest BCUT2D eigenvalue weighted by Crippen LogP contribution is -2.45. The van der Waals surface area contributed by atoms with Crippen LogP contribution in [0.2, 0.25) is 4.34 Å². The van der Waals surface area contributed by atoms with Crippen LogP contribution in [0.1, 0.15) is 16.9 Å². The quantitative estimate of drug-likeness (QED) is 0.859. The lowest BCUT2D eigenvalue weighted by atomic mass is 9.74. The van der Waals surface area contributed by atoms with Crippen molar-refractivity contribution in [3.8, 4) is 9.88 Å². The molecular weight excluding hydrogens is 384 g/mol. The second-order valence-corrected chi connectivity index (χ2v) is 8.88. The van der Waals surface area contributed by atoms with Gasteiger partial charge in [-0.05, 0) is 18.6 Å². The molecule has 0 saturated carbocycles. The van der Waals surface area contributed by atoms with Crippen molar-refractivity contribution in [3.05, 3.63) is 27.5 Å². The molecule has 2 atom stereocenters. The number of aromatic nitrogens is 1. The number of thiophene rings is 1. The first-order chi connectivity index (χ1) is 12.0. The second-order valence-electron chi connectivity index (χ2n) is 6.31. The number of thiazole rings is 1. The van der Waals surface area contributed by atoms with Crippen LogP contribution < -0.4 is 0 Å². The van der Waals surface area contributed by atoms with E-state index in [4.69, 9.17) is 16.3 Å². The van der Waals surface area contributed by atoms with E-state index in [9.17, 15) is 14.7 Å². The van der Waals surface area contributed by atoms with Crippen LogP contribution >= 0.6 is 34.3 Å². The summed E-state index contributed by atoms with van der Waals surface area (Å²) in [5.74, 6) is -1.24. The first-order valence-corrected chi connectivity index (χ1v) is 9.89. The fourth-order valence-corrected chi connectivity index (χ4v) is 5.44. The van der Waals surface area contributed by atoms with Crippen LogP contribution in [0.3, 0.4) is 0 Å². The topological polar surface area (TPSA) is 79.7 Å². The highest BCUT2D eigenvalue weighted by Crippen LogP contribution is 2.43. The van der Waals surface area contributed by atoms with Crippen LogP contribution in [0.5, 0.6) is 0 Å². The van der Waals surface area contributed by atoms with Crippen molar-refractivity contribution >= 4 is 46.2 Å². The molecular formula is C16H15ClN2O4S2. The first kappa shape index (κ1) is 17.0. The number of nitrogens with zero attached hydrogens (tertiary/aromatic N) is 2. The minimum Gasteiger partial charge on any atom is -0.481 e. The Morgan fingerprint density at radius 2 is 2.28 bits per heavy atom. The summed E-state index contributed by atoms with van der Waals surface area (Å²) < 4.78 is 6.10. The van der Waals surface area contributed by atoms with E-state index in [0.717, 1.165) is 9.88 Å². The largest absolute Gasteiger partial charge is 0.481 e. The summed E-state index contributed by atoms with van der Waals surface area (Å²) in [5, 5.41) is 12.2. The Morgan fingerprint density at radius 1 is 1.44 bits per heavy atom. The summed E-state index contributed by atoms with van der Waals surface area (Å²) in [7, 11) is 0. The van der Waals surface area contributed by atoms with Crippen molar-refractivity contribution in [2.75, 3.05) is 26.3 Å². The molecule has 4 heterocycles. The molecule has 2 aromatic heterocycles. The molecule has 2 fully saturated rings. The number of carboxylic acid groups (broad SMARTS) is 1. The van der Waals surface area contributed by atoms with Gasteiger partial charge in [0.25, 0.3) is 5.91 Å². The number of ether oxygens (including phenoxy) is 1. The smallest absolute Gasteiger partial charge is 0.311 e. The number of rotatable bonds is 3. The first-order valence-electron chi connectivity index (χ1n) is 7.81. The number of halogens is 1. The van der Waals surface area contributed by atoms with Crippen molar-refractivity contribution in [3.63, 3.8) is 0 Å². The monoisotopic (exact) mass is 398 g/mol. The van der Waals surface area contributed by atoms with E-state index in [0.29, 0.717) is 36.2 Å². The highest BCUT2D eigenvalue weighted by Gasteiger charge is 2.55. The molecule has 2 saturated heterocycles. The van der Waals surface area contributed by atoms with Gasteiger partial charge in [-0.25, -0.2) is 4.98 Å². The molecule has 0 aromatic carbocycles. The number of aliphatic carboxylic acids is 1. The third-order valence-corrected chi connectivity index (χ3v) is 7.17. The van der Waals surface area contributed by atoms with Gasteiger partial charge in [-0.3, -0.25) is 9.59 Å². The maximum absolute atomic E-state index is 12.8. The van der Waals surface area contributed by atoms with Crippen LogP contribution in [-0.2, 0) is 9.53 Å². The fraction of sp³-hybridized carbons (Fsp3) is 0.438. The van der Waals surface area contributed by atoms with Crippen LogP contribution in [0, 0.1) is 11.3 Å². The standard InChI is InChI=1S/C16H15ClN2O4S2/c17-12-2-1-11(25-12)13-18-10(7-24-13)14(20)19-5-9-6-23-4-3-16(9,8-19)15(21)22/h1-2,7,9H,3-6,8H2,(H,21,22)/t9-,16+/m0/s1. The lowest BCUT2D eigenvalue weighted by molar-refractivity contribution is -0.157. The van der Waals surface area contributed by atoms with Gasteiger partial charge in [0.15, 0.2) is 0 Å². The van der Waals surface area contributed by atoms with E-state index in [-0.39, 0.29) is 18.4 Å². The van der Waals surface area contributed by atoms with Gasteiger partial charge < -0.3 is 14.7 Å². The van der Waals surface area contributed by atoms with Crippen molar-refractivity contribution in [1.82, 2.24) is 9.88 Å². The zero-order valence-electron chi connectivity index (χ0n) is 13.1. The second kappa shape index (κ2) is 6.35. The van der Waals surface area contributed by atoms with E-state index >= 15 is 0 Å². The van der Waals surface area contributed by atoms with Gasteiger partial charge in [0.2, 0.25) is 0 Å². The molecule has 0 spiro atoms. The van der Waals surface area contributed by atoms with Crippen LogP contribution in [-0.4, -0.2) is 53.2 Å². The number of fused-ring (bicyclic) bond motifs is 1. The Hall–Kier alpha value is -1.48. The highest BCUT2D eigenvalue weighted by molar-refractivity contribution is 7.23. The third-order valence-electron chi connectivity index (χ3n) is 4.93. The molecule has 9 heteroatoms. The van der Waals surface area contributed by atoms with Gasteiger partial charge >= 0.3 is 5.97 Å². The minimum atomic E-state index is -0.895. The lowest BCUT2D eigenvalue weighted by Gasteiger charge is -2.33. The van der Waals surface area contributed by atoms with E-state index in [2.05, 4.69) is 4.98 Å². The summed E-state index contributed by atoms with van der Waals surface area (Å²) in [6, 6.07) is 3.67. The van der Waals surface area contributed by atoms with Crippen molar-refractivity contribution in [2.24, 2.45) is 11.3 Å². The average Bonchev–Trinajstić information content (AvgIpc) is 3.31. The van der Waals surface area contributed by atoms with Crippen molar-refractivity contribution in [2.45, 2.75) is 6.42 Å². The number of hydrogen-bond acceptors (Lipinski definition) is 6. The minimum absolute atomic E-state index is 0.170. The molecule has 0 radical (unpaired) electrons. The van der Waals surface area contributed by atoms with E-state index < -0.39 is 11.4 Å². The molecule has 0 unspecified atom stereocenters. The molecule has 1 amide bonds. The molecule has 132 valence electrons. The summed E-state index contributed by atoms with van der Waals surface area (Å²) >= 11 is 8.75. The summed E-state index contributed by atoms with van der Waals surface area (Å²) in [6.07, 6.45) is 0.437. The Kier molecular flexibility index (Phi) is 4.31. The Morgan fingerprint density at radius 3 is 2.96 bits per heavy atom. The van der Waals surface area contributed by atoms with Gasteiger partial charge in [-0.2, -0.15) is 0 Å². The number of likely N-dealkylation sites (tertiary alicyclic amines) is 1. The average molecular weight is 399 g/mol. The maximum atomic E-state index is 12.8. The zero-order chi connectivity index (χ0) is 17.6. The van der Waals surface area contributed by atoms with Gasteiger partial charge in [0.1, 0.15) is 10.7 Å². The van der Waals surface area contributed by atoms with E-state index in [1.807, 2.05) is 6.07 Å². The molecule has 6 nitrogen and oxygen atoms in total. The number of hydrogen-bond donors (Lipinski definition) is 1. The molecule has 4 rings (SSSR count). The van der Waals surface area contributed by atoms with Crippen LogP contribution in [0.25, 0.3) is 9.88 Å². The molecule has 2 aliphatic rings. The van der Waals surface area contributed by atoms with Gasteiger partial charge in [0.05, 0.1) is 21.2 Å². The molecule has 0 bridgehead atoms. The van der Waals surface area contributed by atoms with Crippen LogP contribution in [0.15, 0.2) is 17.5 Å². The Bertz CT molecular complexity index is 836. The van der Waals surface area contributed by atoms with Gasteiger partial charge in [-0.15, -0.1) is 22.7 Å². The van der Waals surface area contributed by atoms with E-state index in [1.54, 1.807) is 16.3 Å². The van der Waals surface area contributed by atoms with Gasteiger partial charge in [0, 0.05) is 31.0 Å². The van der Waals surface area contributed by atoms with Crippen molar-refractivity contribution < 1.29 is 19.4 Å². The van der Waals surface area contributed by atoms with Gasteiger partial charge in [-0.1, -0.05) is 11.6 Å². The normalized spacial score (nSPS) is 25.8. The third kappa shape index (κ3) is 2.87. The predicted octanol–water partition coefficient (Wildman–Crippen LogP) is 3.09. The molecule has 2 aromatic rings. The summed E-state index contributed by atoms with van der Waals surface area (Å²) in [5.41, 5.74) is -0.543. The Labute approximate surface area is 157 Å². The Balaban J connectivity index is 1.56.